The summed E-state index contributed by atoms with van der Waals surface area (Å²) in [5.74, 6) is -2.34. The molecule has 0 radical (unpaired) electrons. The molecule has 0 aromatic heterocycles. The van der Waals surface area contributed by atoms with Crippen LogP contribution in [0.25, 0.3) is 0 Å². The summed E-state index contributed by atoms with van der Waals surface area (Å²) in [7, 11) is -2.43. The zero-order valence-electron chi connectivity index (χ0n) is 28.3. The number of hydrogen-bond donors (Lipinski definition) is 3. The molecular weight excluding hydrogens is 572 g/mol. The number of carbonyl (C=O) groups is 3. The molecule has 0 spiro atoms. The molecule has 0 fully saturated rings. The van der Waals surface area contributed by atoms with Crippen LogP contribution in [0.3, 0.4) is 0 Å². The number of carbonyl (C=O) groups excluding carboxylic acids is 2. The first-order valence-electron chi connectivity index (χ1n) is 15.6. The lowest BCUT2D eigenvalue weighted by atomic mass is 9.88. The van der Waals surface area contributed by atoms with Gasteiger partial charge in [-0.15, -0.1) is 0 Å². The second-order valence-corrected chi connectivity index (χ2v) is 19.3. The summed E-state index contributed by atoms with van der Waals surface area (Å²) in [5.41, 5.74) is 1.26. The average Bonchev–Trinajstić information content (AvgIpc) is 2.89. The van der Waals surface area contributed by atoms with Gasteiger partial charge in [0.1, 0.15) is 11.6 Å². The predicted molar refractivity (Wildman–Crippen MR) is 178 cm³/mol. The van der Waals surface area contributed by atoms with Crippen molar-refractivity contribution in [2.24, 2.45) is 11.8 Å². The van der Waals surface area contributed by atoms with Gasteiger partial charge in [0.2, 0.25) is 5.91 Å². The first kappa shape index (κ1) is 37.0. The van der Waals surface area contributed by atoms with Gasteiger partial charge in [-0.3, -0.25) is 4.79 Å². The number of nitrogens with one attached hydrogen (secondary N) is 2. The number of alkyl carbamates (subject to hydrolysis) is 1. The summed E-state index contributed by atoms with van der Waals surface area (Å²) >= 11 is 0. The van der Waals surface area contributed by atoms with E-state index in [1.165, 1.54) is 0 Å². The van der Waals surface area contributed by atoms with Crippen LogP contribution < -0.4 is 10.6 Å². The Kier molecular flexibility index (Phi) is 13.2. The monoisotopic (exact) mass is 626 g/mol. The summed E-state index contributed by atoms with van der Waals surface area (Å²) in [4.78, 5) is 39.2. The number of carboxylic acids is 1. The van der Waals surface area contributed by atoms with Gasteiger partial charge in [0.15, 0.2) is 8.32 Å². The summed E-state index contributed by atoms with van der Waals surface area (Å²) < 4.78 is 12.7. The smallest absolute Gasteiger partial charge is 0.407 e. The van der Waals surface area contributed by atoms with Crippen molar-refractivity contribution in [2.45, 2.75) is 117 Å². The normalized spacial score (nSPS) is 15.2. The minimum absolute atomic E-state index is 0.141. The molecule has 3 N–H and O–H groups in total. The molecule has 2 aromatic carbocycles. The zero-order valence-corrected chi connectivity index (χ0v) is 29.3. The Morgan fingerprint density at radius 2 is 1.32 bits per heavy atom. The molecule has 0 bridgehead atoms. The lowest BCUT2D eigenvalue weighted by Crippen LogP contribution is -2.55. The van der Waals surface area contributed by atoms with Crippen LogP contribution in [-0.2, 0) is 31.6 Å². The van der Waals surface area contributed by atoms with Crippen molar-refractivity contribution in [3.63, 3.8) is 0 Å². The minimum Gasteiger partial charge on any atom is -0.480 e. The van der Waals surface area contributed by atoms with E-state index < -0.39 is 50.1 Å². The quantitative estimate of drug-likeness (QED) is 0.195. The molecule has 0 aliphatic heterocycles. The molecule has 2 amide bonds. The largest absolute Gasteiger partial charge is 0.480 e. The van der Waals surface area contributed by atoms with E-state index in [-0.39, 0.29) is 23.3 Å². The molecule has 0 aliphatic rings. The molecule has 4 atom stereocenters. The highest BCUT2D eigenvalue weighted by atomic mass is 28.4. The van der Waals surface area contributed by atoms with E-state index in [1.54, 1.807) is 13.8 Å². The SMILES string of the molecule is CC(C)[C@H](NC(=O)[C@@H](Cc1ccccc1)C[C@@H](O[Si](C)(C)C(C)(C)C)[C@H](Cc1ccccc1)NC(=O)OC(C)(C)C)C(=O)O. The molecule has 0 unspecified atom stereocenters. The Hall–Kier alpha value is -3.17. The molecule has 0 aliphatic carbocycles. The Bertz CT molecular complexity index is 1210. The third-order valence-electron chi connectivity index (χ3n) is 8.14. The van der Waals surface area contributed by atoms with E-state index >= 15 is 0 Å². The van der Waals surface area contributed by atoms with Crippen molar-refractivity contribution < 1.29 is 28.7 Å². The Labute approximate surface area is 265 Å². The number of ether oxygens (including phenoxy) is 1. The van der Waals surface area contributed by atoms with E-state index in [4.69, 9.17) is 9.16 Å². The van der Waals surface area contributed by atoms with Crippen LogP contribution in [0.15, 0.2) is 60.7 Å². The number of rotatable bonds is 14. The second-order valence-electron chi connectivity index (χ2n) is 14.5. The van der Waals surface area contributed by atoms with E-state index in [1.807, 2.05) is 81.4 Å². The minimum atomic E-state index is -2.43. The third kappa shape index (κ3) is 12.1. The molecule has 0 heterocycles. The molecule has 8 nitrogen and oxygen atoms in total. The first-order chi connectivity index (χ1) is 20.3. The van der Waals surface area contributed by atoms with Gasteiger partial charge in [0.05, 0.1) is 12.1 Å². The predicted octanol–water partition coefficient (Wildman–Crippen LogP) is 6.99. The standard InChI is InChI=1S/C35H54N2O6Si/c1-24(2)30(32(39)40)37-31(38)27(21-25-17-13-11-14-18-25)23-29(43-44(9,10)35(6,7)8)28(22-26-19-15-12-16-20-26)36-33(41)42-34(3,4)5/h11-20,24,27-30H,21-23H2,1-10H3,(H,36,41)(H,37,38)(H,39,40)/t27-,28-,29+,30-/m0/s1. The average molecular weight is 627 g/mol. The fourth-order valence-corrected chi connectivity index (χ4v) is 6.07. The highest BCUT2D eigenvalue weighted by Gasteiger charge is 2.43. The van der Waals surface area contributed by atoms with Gasteiger partial charge in [0, 0.05) is 5.92 Å². The highest BCUT2D eigenvalue weighted by molar-refractivity contribution is 6.74. The number of aliphatic carboxylic acids is 1. The maximum absolute atomic E-state index is 13.9. The van der Waals surface area contributed by atoms with Crippen LogP contribution in [0.5, 0.6) is 0 Å². The molecule has 9 heteroatoms. The van der Waals surface area contributed by atoms with Gasteiger partial charge in [-0.1, -0.05) is 95.3 Å². The highest BCUT2D eigenvalue weighted by Crippen LogP contribution is 2.39. The summed E-state index contributed by atoms with van der Waals surface area (Å²) in [6.07, 6.45) is -0.00492. The molecule has 244 valence electrons. The van der Waals surface area contributed by atoms with Crippen molar-refractivity contribution in [1.82, 2.24) is 10.6 Å². The summed E-state index contributed by atoms with van der Waals surface area (Å²) in [6, 6.07) is 18.0. The van der Waals surface area contributed by atoms with E-state index in [9.17, 15) is 19.5 Å². The van der Waals surface area contributed by atoms with Gasteiger partial charge in [0.25, 0.3) is 0 Å². The molecule has 0 saturated carbocycles. The molecule has 2 rings (SSSR count). The summed E-state index contributed by atoms with van der Waals surface area (Å²) in [5, 5.41) is 15.6. The van der Waals surface area contributed by atoms with Gasteiger partial charge in [-0.2, -0.15) is 0 Å². The number of amides is 2. The van der Waals surface area contributed by atoms with Crippen LogP contribution in [-0.4, -0.2) is 55.2 Å². The van der Waals surface area contributed by atoms with Crippen molar-refractivity contribution in [2.75, 3.05) is 0 Å². The third-order valence-corrected chi connectivity index (χ3v) is 12.6. The van der Waals surface area contributed by atoms with E-state index in [2.05, 4.69) is 44.5 Å². The topological polar surface area (TPSA) is 114 Å². The summed E-state index contributed by atoms with van der Waals surface area (Å²) in [6.45, 7) is 19.7. The van der Waals surface area contributed by atoms with Crippen LogP contribution in [0, 0.1) is 11.8 Å². The molecule has 0 saturated heterocycles. The first-order valence-corrected chi connectivity index (χ1v) is 18.5. The van der Waals surface area contributed by atoms with Crippen molar-refractivity contribution >= 4 is 26.3 Å². The number of carboxylic acid groups (broad SMARTS) is 1. The molecule has 2 aromatic rings. The number of hydrogen-bond acceptors (Lipinski definition) is 5. The van der Waals surface area contributed by atoms with Crippen LogP contribution in [0.2, 0.25) is 18.1 Å². The zero-order chi connectivity index (χ0) is 33.3. The lowest BCUT2D eigenvalue weighted by molar-refractivity contribution is -0.144. The van der Waals surface area contributed by atoms with Crippen molar-refractivity contribution in [3.8, 4) is 0 Å². The van der Waals surface area contributed by atoms with Crippen molar-refractivity contribution in [1.29, 1.82) is 0 Å². The Balaban J connectivity index is 2.61. The fraction of sp³-hybridized carbons (Fsp3) is 0.571. The lowest BCUT2D eigenvalue weighted by Gasteiger charge is -2.42. The number of benzene rings is 2. The van der Waals surface area contributed by atoms with Crippen LogP contribution >= 0.6 is 0 Å². The van der Waals surface area contributed by atoms with Gasteiger partial charge in [-0.05, 0) is 75.2 Å². The van der Waals surface area contributed by atoms with Gasteiger partial charge >= 0.3 is 12.1 Å². The molecule has 44 heavy (non-hydrogen) atoms. The van der Waals surface area contributed by atoms with Gasteiger partial charge in [-0.25, -0.2) is 9.59 Å². The van der Waals surface area contributed by atoms with E-state index in [0.29, 0.717) is 12.8 Å². The Morgan fingerprint density at radius 3 is 1.75 bits per heavy atom. The molecular formula is C35H54N2O6Si. The van der Waals surface area contributed by atoms with E-state index in [0.717, 1.165) is 11.1 Å². The van der Waals surface area contributed by atoms with Crippen molar-refractivity contribution in [3.05, 3.63) is 71.8 Å². The van der Waals surface area contributed by atoms with Crippen LogP contribution in [0.1, 0.15) is 72.9 Å². The fourth-order valence-electron chi connectivity index (χ4n) is 4.70. The maximum Gasteiger partial charge on any atom is 0.407 e. The Morgan fingerprint density at radius 1 is 0.818 bits per heavy atom. The second kappa shape index (κ2) is 15.7. The van der Waals surface area contributed by atoms with Gasteiger partial charge < -0.3 is 24.9 Å². The maximum atomic E-state index is 13.9. The van der Waals surface area contributed by atoms with Crippen LogP contribution in [0.4, 0.5) is 4.79 Å².